The van der Waals surface area contributed by atoms with Gasteiger partial charge in [0.2, 0.25) is 0 Å². The summed E-state index contributed by atoms with van der Waals surface area (Å²) >= 11 is 0. The molecular weight excluding hydrogens is 242 g/mol. The molecule has 1 saturated heterocycles. The van der Waals surface area contributed by atoms with Gasteiger partial charge < -0.3 is 19.9 Å². The van der Waals surface area contributed by atoms with Gasteiger partial charge in [0.25, 0.3) is 0 Å². The van der Waals surface area contributed by atoms with E-state index in [1.807, 2.05) is 12.1 Å². The van der Waals surface area contributed by atoms with Crippen LogP contribution in [0.3, 0.4) is 0 Å². The molecule has 0 bridgehead atoms. The molecule has 0 amide bonds. The number of methoxy groups -OCH3 is 2. The minimum atomic E-state index is -0.0840. The maximum Gasteiger partial charge on any atom is 0.126 e. The molecule has 4 heteroatoms. The van der Waals surface area contributed by atoms with Crippen molar-refractivity contribution in [2.45, 2.75) is 19.3 Å². The number of nitrogens with two attached hydrogens (primary N) is 1. The molecule has 19 heavy (non-hydrogen) atoms. The summed E-state index contributed by atoms with van der Waals surface area (Å²) in [4.78, 5) is 0. The summed E-state index contributed by atoms with van der Waals surface area (Å²) in [6.45, 7) is 6.32. The van der Waals surface area contributed by atoms with E-state index in [4.69, 9.17) is 19.9 Å². The number of hydrogen-bond donors (Lipinski definition) is 1. The van der Waals surface area contributed by atoms with Crippen LogP contribution < -0.4 is 15.2 Å². The van der Waals surface area contributed by atoms with Crippen LogP contribution in [0.5, 0.6) is 11.5 Å². The van der Waals surface area contributed by atoms with Crippen LogP contribution in [0.4, 0.5) is 0 Å². The molecule has 0 aromatic heterocycles. The van der Waals surface area contributed by atoms with E-state index in [-0.39, 0.29) is 10.8 Å². The Balaban J connectivity index is 2.50. The highest BCUT2D eigenvalue weighted by Crippen LogP contribution is 2.50. The lowest BCUT2D eigenvalue weighted by Crippen LogP contribution is -2.59. The molecule has 2 rings (SSSR count). The number of benzene rings is 1. The Kier molecular flexibility index (Phi) is 3.74. The van der Waals surface area contributed by atoms with Crippen molar-refractivity contribution in [3.8, 4) is 11.5 Å². The molecule has 0 aliphatic carbocycles. The number of ether oxygens (including phenoxy) is 3. The zero-order valence-electron chi connectivity index (χ0n) is 12.2. The van der Waals surface area contributed by atoms with E-state index in [0.717, 1.165) is 17.1 Å². The van der Waals surface area contributed by atoms with Crippen molar-refractivity contribution in [2.75, 3.05) is 34.0 Å². The Bertz CT molecular complexity index is 453. The van der Waals surface area contributed by atoms with Crippen LogP contribution in [-0.2, 0) is 10.2 Å². The maximum absolute atomic E-state index is 5.97. The minimum absolute atomic E-state index is 0.0485. The molecule has 2 N–H and O–H groups in total. The highest BCUT2D eigenvalue weighted by Gasteiger charge is 2.52. The van der Waals surface area contributed by atoms with Crippen LogP contribution in [0.2, 0.25) is 0 Å². The lowest BCUT2D eigenvalue weighted by atomic mass is 9.60. The van der Waals surface area contributed by atoms with Crippen LogP contribution in [0.25, 0.3) is 0 Å². The molecule has 1 aromatic rings. The first-order chi connectivity index (χ1) is 9.00. The van der Waals surface area contributed by atoms with Gasteiger partial charge in [-0.1, -0.05) is 19.9 Å². The molecule has 1 aliphatic heterocycles. The lowest BCUT2D eigenvalue weighted by molar-refractivity contribution is -0.117. The van der Waals surface area contributed by atoms with Gasteiger partial charge in [0.05, 0.1) is 32.8 Å². The number of rotatable bonds is 5. The summed E-state index contributed by atoms with van der Waals surface area (Å²) in [6.07, 6.45) is 0. The predicted molar refractivity (Wildman–Crippen MR) is 74.9 cm³/mol. The van der Waals surface area contributed by atoms with Crippen molar-refractivity contribution < 1.29 is 14.2 Å². The number of hydrogen-bond acceptors (Lipinski definition) is 4. The SMILES string of the molecule is COc1ccc(C2(C(C)(C)CN)COC2)c(OC)c1. The van der Waals surface area contributed by atoms with Crippen molar-refractivity contribution in [1.82, 2.24) is 0 Å². The van der Waals surface area contributed by atoms with Crippen molar-refractivity contribution in [1.29, 1.82) is 0 Å². The fraction of sp³-hybridized carbons (Fsp3) is 0.600. The Morgan fingerprint density at radius 3 is 2.37 bits per heavy atom. The second-order valence-electron chi connectivity index (χ2n) is 5.73. The van der Waals surface area contributed by atoms with Gasteiger partial charge in [-0.15, -0.1) is 0 Å². The van der Waals surface area contributed by atoms with Gasteiger partial charge in [0, 0.05) is 11.6 Å². The van der Waals surface area contributed by atoms with E-state index in [2.05, 4.69) is 19.9 Å². The first-order valence-electron chi connectivity index (χ1n) is 6.51. The average Bonchev–Trinajstić information content (AvgIpc) is 2.37. The molecule has 0 spiro atoms. The Morgan fingerprint density at radius 1 is 1.26 bits per heavy atom. The molecule has 106 valence electrons. The Morgan fingerprint density at radius 2 is 1.95 bits per heavy atom. The highest BCUT2D eigenvalue weighted by molar-refractivity contribution is 5.47. The Hall–Kier alpha value is -1.26. The fourth-order valence-corrected chi connectivity index (χ4v) is 2.61. The monoisotopic (exact) mass is 265 g/mol. The molecule has 4 nitrogen and oxygen atoms in total. The van der Waals surface area contributed by atoms with Gasteiger partial charge in [-0.05, 0) is 18.0 Å². The largest absolute Gasteiger partial charge is 0.497 e. The third kappa shape index (κ3) is 2.09. The fourth-order valence-electron chi connectivity index (χ4n) is 2.61. The van der Waals surface area contributed by atoms with E-state index in [1.165, 1.54) is 0 Å². The van der Waals surface area contributed by atoms with Crippen molar-refractivity contribution >= 4 is 0 Å². The molecule has 1 aliphatic rings. The van der Waals surface area contributed by atoms with Crippen LogP contribution >= 0.6 is 0 Å². The normalized spacial score (nSPS) is 17.7. The summed E-state index contributed by atoms with van der Waals surface area (Å²) in [5.41, 5.74) is 6.98. The first kappa shape index (κ1) is 14.2. The van der Waals surface area contributed by atoms with Crippen LogP contribution in [0.1, 0.15) is 19.4 Å². The molecule has 0 radical (unpaired) electrons. The standard InChI is InChI=1S/C15H23NO3/c1-14(2,8-16)15(9-19-10-15)12-6-5-11(17-3)7-13(12)18-4/h5-7H,8-10,16H2,1-4H3. The van der Waals surface area contributed by atoms with Crippen LogP contribution in [0.15, 0.2) is 18.2 Å². The molecule has 1 heterocycles. The second kappa shape index (κ2) is 5.02. The van der Waals surface area contributed by atoms with Gasteiger partial charge in [-0.2, -0.15) is 0 Å². The molecule has 0 saturated carbocycles. The average molecular weight is 265 g/mol. The third-order valence-electron chi connectivity index (χ3n) is 4.43. The van der Waals surface area contributed by atoms with Crippen molar-refractivity contribution in [3.63, 3.8) is 0 Å². The lowest BCUT2D eigenvalue weighted by Gasteiger charge is -2.52. The minimum Gasteiger partial charge on any atom is -0.497 e. The predicted octanol–water partition coefficient (Wildman–Crippen LogP) is 1.96. The van der Waals surface area contributed by atoms with E-state index >= 15 is 0 Å². The zero-order chi connectivity index (χ0) is 14.1. The summed E-state index contributed by atoms with van der Waals surface area (Å²) in [6, 6.07) is 5.95. The molecule has 0 atom stereocenters. The van der Waals surface area contributed by atoms with E-state index < -0.39 is 0 Å². The maximum atomic E-state index is 5.97. The highest BCUT2D eigenvalue weighted by atomic mass is 16.5. The molecule has 1 fully saturated rings. The van der Waals surface area contributed by atoms with Gasteiger partial charge >= 0.3 is 0 Å². The molecule has 0 unspecified atom stereocenters. The van der Waals surface area contributed by atoms with Crippen LogP contribution in [-0.4, -0.2) is 34.0 Å². The summed E-state index contributed by atoms with van der Waals surface area (Å²) in [5, 5.41) is 0. The molecular formula is C15H23NO3. The van der Waals surface area contributed by atoms with Crippen molar-refractivity contribution in [2.24, 2.45) is 11.1 Å². The van der Waals surface area contributed by atoms with Gasteiger partial charge in [-0.25, -0.2) is 0 Å². The van der Waals surface area contributed by atoms with Gasteiger partial charge in [0.1, 0.15) is 11.5 Å². The van der Waals surface area contributed by atoms with Crippen LogP contribution in [0, 0.1) is 5.41 Å². The second-order valence-corrected chi connectivity index (χ2v) is 5.73. The third-order valence-corrected chi connectivity index (χ3v) is 4.43. The first-order valence-corrected chi connectivity index (χ1v) is 6.51. The quantitative estimate of drug-likeness (QED) is 0.884. The van der Waals surface area contributed by atoms with Gasteiger partial charge in [-0.3, -0.25) is 0 Å². The van der Waals surface area contributed by atoms with Gasteiger partial charge in [0.15, 0.2) is 0 Å². The topological polar surface area (TPSA) is 53.7 Å². The Labute approximate surface area is 114 Å². The van der Waals surface area contributed by atoms with E-state index in [0.29, 0.717) is 19.8 Å². The summed E-state index contributed by atoms with van der Waals surface area (Å²) < 4.78 is 16.3. The molecule has 1 aromatic carbocycles. The smallest absolute Gasteiger partial charge is 0.126 e. The van der Waals surface area contributed by atoms with E-state index in [1.54, 1.807) is 14.2 Å². The zero-order valence-corrected chi connectivity index (χ0v) is 12.2. The van der Waals surface area contributed by atoms with E-state index in [9.17, 15) is 0 Å². The van der Waals surface area contributed by atoms with Crippen molar-refractivity contribution in [3.05, 3.63) is 23.8 Å². The summed E-state index contributed by atoms with van der Waals surface area (Å²) in [7, 11) is 3.33. The summed E-state index contributed by atoms with van der Waals surface area (Å²) in [5.74, 6) is 1.63.